The summed E-state index contributed by atoms with van der Waals surface area (Å²) in [7, 11) is -4.05. The monoisotopic (exact) mass is 311 g/mol. The fourth-order valence-corrected chi connectivity index (χ4v) is 3.34. The normalized spacial score (nSPS) is 17.2. The lowest BCUT2D eigenvalue weighted by molar-refractivity contribution is -0.153. The summed E-state index contributed by atoms with van der Waals surface area (Å²) in [6.07, 6.45) is -0.986. The summed E-state index contributed by atoms with van der Waals surface area (Å²) in [6, 6.07) is 5.69. The van der Waals surface area contributed by atoms with Crippen molar-refractivity contribution in [3.63, 3.8) is 0 Å². The first-order valence-corrected chi connectivity index (χ1v) is 7.55. The van der Waals surface area contributed by atoms with Crippen molar-refractivity contribution in [3.05, 3.63) is 29.8 Å². The Morgan fingerprint density at radius 1 is 1.29 bits per heavy atom. The van der Waals surface area contributed by atoms with E-state index in [2.05, 4.69) is 0 Å². The minimum absolute atomic E-state index is 0.0184. The van der Waals surface area contributed by atoms with Gasteiger partial charge in [-0.15, -0.1) is 0 Å². The molecule has 0 aromatic heterocycles. The van der Waals surface area contributed by atoms with E-state index in [1.54, 1.807) is 0 Å². The van der Waals surface area contributed by atoms with Gasteiger partial charge < -0.3 is 4.74 Å². The predicted molar refractivity (Wildman–Crippen MR) is 70.9 cm³/mol. The first-order chi connectivity index (χ1) is 9.75. The average molecular weight is 311 g/mol. The smallest absolute Gasteiger partial charge is 0.327 e. The maximum atomic E-state index is 12.2. The van der Waals surface area contributed by atoms with E-state index in [1.165, 1.54) is 38.1 Å². The van der Waals surface area contributed by atoms with Crippen LogP contribution in [0.2, 0.25) is 0 Å². The zero-order valence-corrected chi connectivity index (χ0v) is 12.2. The van der Waals surface area contributed by atoms with Crippen LogP contribution in [0.4, 0.5) is 0 Å². The number of carbonyl (C=O) groups excluding carboxylic acids is 3. The highest BCUT2D eigenvalue weighted by atomic mass is 32.2. The Kier molecular flexibility index (Phi) is 3.82. The fraction of sp³-hybridized carbons (Fsp3) is 0.308. The molecule has 0 N–H and O–H groups in total. The van der Waals surface area contributed by atoms with E-state index >= 15 is 0 Å². The number of Topliss-reactive ketones (excluding diaryl/α,β-unsaturated/α-hetero) is 1. The molecule has 0 saturated carbocycles. The minimum atomic E-state index is -4.05. The minimum Gasteiger partial charge on any atom is -0.453 e. The molecular formula is C13H13NO6S. The van der Waals surface area contributed by atoms with Crippen LogP contribution in [0.1, 0.15) is 24.2 Å². The van der Waals surface area contributed by atoms with E-state index in [0.717, 1.165) is 0 Å². The van der Waals surface area contributed by atoms with Gasteiger partial charge in [0.05, 0.1) is 5.56 Å². The molecule has 0 radical (unpaired) electrons. The number of sulfonamides is 1. The number of esters is 1. The van der Waals surface area contributed by atoms with E-state index in [4.69, 9.17) is 4.74 Å². The number of amides is 1. The Bertz CT molecular complexity index is 724. The summed E-state index contributed by atoms with van der Waals surface area (Å²) in [4.78, 5) is 34.6. The Morgan fingerprint density at radius 2 is 1.90 bits per heavy atom. The molecule has 1 aliphatic rings. The summed E-state index contributed by atoms with van der Waals surface area (Å²) in [5.41, 5.74) is 0.0184. The van der Waals surface area contributed by atoms with Gasteiger partial charge in [-0.3, -0.25) is 14.4 Å². The number of benzene rings is 1. The zero-order chi connectivity index (χ0) is 15.8. The van der Waals surface area contributed by atoms with E-state index in [1.807, 2.05) is 0 Å². The highest BCUT2D eigenvalue weighted by Gasteiger charge is 2.42. The number of hydrogen-bond acceptors (Lipinski definition) is 6. The molecule has 8 heteroatoms. The Hall–Kier alpha value is -2.22. The van der Waals surface area contributed by atoms with E-state index in [-0.39, 0.29) is 16.2 Å². The molecule has 0 spiro atoms. The molecule has 112 valence electrons. The molecule has 0 fully saturated rings. The van der Waals surface area contributed by atoms with Crippen molar-refractivity contribution in [3.8, 4) is 0 Å². The molecule has 7 nitrogen and oxygen atoms in total. The van der Waals surface area contributed by atoms with Gasteiger partial charge in [0.25, 0.3) is 15.9 Å². The maximum absolute atomic E-state index is 12.2. The third kappa shape index (κ3) is 2.66. The molecule has 1 heterocycles. The van der Waals surface area contributed by atoms with Gasteiger partial charge in [-0.2, -0.15) is 0 Å². The number of ketones is 1. The molecule has 1 unspecified atom stereocenters. The number of ether oxygens (including phenoxy) is 1. The molecule has 1 atom stereocenters. The maximum Gasteiger partial charge on any atom is 0.327 e. The van der Waals surface area contributed by atoms with Crippen LogP contribution >= 0.6 is 0 Å². The van der Waals surface area contributed by atoms with Gasteiger partial charge in [0.1, 0.15) is 11.4 Å². The van der Waals surface area contributed by atoms with E-state index in [0.29, 0.717) is 4.31 Å². The fourth-order valence-electron chi connectivity index (χ4n) is 1.82. The van der Waals surface area contributed by atoms with Crippen molar-refractivity contribution in [1.82, 2.24) is 4.31 Å². The van der Waals surface area contributed by atoms with Crippen LogP contribution in [0, 0.1) is 0 Å². The Morgan fingerprint density at radius 3 is 2.48 bits per heavy atom. The standard InChI is InChI=1S/C13H13NO6S/c1-8(15)9(2)20-12(16)7-14-13(17)10-5-3-4-6-11(10)21(14,18)19/h3-6,9H,7H2,1-2H3. The van der Waals surface area contributed by atoms with Crippen molar-refractivity contribution >= 4 is 27.7 Å². The molecule has 1 aliphatic heterocycles. The molecule has 0 aliphatic carbocycles. The number of rotatable bonds is 4. The van der Waals surface area contributed by atoms with Gasteiger partial charge >= 0.3 is 5.97 Å². The second-order valence-corrected chi connectivity index (χ2v) is 6.39. The SMILES string of the molecule is CC(=O)C(C)OC(=O)CN1C(=O)c2ccccc2S1(=O)=O. The summed E-state index contributed by atoms with van der Waals surface area (Å²) in [6.45, 7) is 1.86. The molecule has 1 amide bonds. The lowest BCUT2D eigenvalue weighted by Gasteiger charge is -2.16. The van der Waals surface area contributed by atoms with Crippen LogP contribution < -0.4 is 0 Å². The highest BCUT2D eigenvalue weighted by molar-refractivity contribution is 7.90. The second kappa shape index (κ2) is 5.28. The van der Waals surface area contributed by atoms with Crippen molar-refractivity contribution < 1.29 is 27.5 Å². The van der Waals surface area contributed by atoms with Crippen molar-refractivity contribution in [2.45, 2.75) is 24.8 Å². The molecule has 21 heavy (non-hydrogen) atoms. The lowest BCUT2D eigenvalue weighted by atomic mass is 10.2. The number of fused-ring (bicyclic) bond motifs is 1. The number of carbonyl (C=O) groups is 3. The highest BCUT2D eigenvalue weighted by Crippen LogP contribution is 2.29. The molecule has 0 saturated heterocycles. The van der Waals surface area contributed by atoms with E-state index in [9.17, 15) is 22.8 Å². The lowest BCUT2D eigenvalue weighted by Crippen LogP contribution is -2.37. The molecule has 1 aromatic carbocycles. The van der Waals surface area contributed by atoms with Gasteiger partial charge in [-0.05, 0) is 26.0 Å². The summed E-state index contributed by atoms with van der Waals surface area (Å²) >= 11 is 0. The topological polar surface area (TPSA) is 97.8 Å². The number of nitrogens with zero attached hydrogens (tertiary/aromatic N) is 1. The van der Waals surface area contributed by atoms with Crippen LogP contribution in [0.15, 0.2) is 29.2 Å². The molecule has 2 rings (SSSR count). The van der Waals surface area contributed by atoms with Gasteiger partial charge in [-0.25, -0.2) is 12.7 Å². The summed E-state index contributed by atoms with van der Waals surface area (Å²) in [5.74, 6) is -2.11. The summed E-state index contributed by atoms with van der Waals surface area (Å²) in [5, 5.41) is 0. The third-order valence-electron chi connectivity index (χ3n) is 3.07. The largest absolute Gasteiger partial charge is 0.453 e. The van der Waals surface area contributed by atoms with Crippen LogP contribution in [-0.4, -0.2) is 43.0 Å². The van der Waals surface area contributed by atoms with Crippen LogP contribution in [0.25, 0.3) is 0 Å². The predicted octanol–water partition coefficient (Wildman–Crippen LogP) is 0.352. The molecule has 1 aromatic rings. The van der Waals surface area contributed by atoms with Crippen molar-refractivity contribution in [2.75, 3.05) is 6.54 Å². The second-order valence-electron chi connectivity index (χ2n) is 4.56. The molecular weight excluding hydrogens is 298 g/mol. The van der Waals surface area contributed by atoms with Crippen molar-refractivity contribution in [1.29, 1.82) is 0 Å². The Balaban J connectivity index is 2.22. The van der Waals surface area contributed by atoms with Crippen LogP contribution in [-0.2, 0) is 24.3 Å². The van der Waals surface area contributed by atoms with Gasteiger partial charge in [-0.1, -0.05) is 12.1 Å². The summed E-state index contributed by atoms with van der Waals surface area (Å²) < 4.78 is 29.6. The van der Waals surface area contributed by atoms with Crippen molar-refractivity contribution in [2.24, 2.45) is 0 Å². The quantitative estimate of drug-likeness (QED) is 0.744. The number of hydrogen-bond donors (Lipinski definition) is 0. The first kappa shape index (κ1) is 15.2. The van der Waals surface area contributed by atoms with Gasteiger partial charge in [0.15, 0.2) is 11.9 Å². The zero-order valence-electron chi connectivity index (χ0n) is 11.4. The Labute approximate surface area is 121 Å². The third-order valence-corrected chi connectivity index (χ3v) is 4.85. The van der Waals surface area contributed by atoms with Crippen LogP contribution in [0.3, 0.4) is 0 Å². The van der Waals surface area contributed by atoms with Gasteiger partial charge in [0, 0.05) is 0 Å². The van der Waals surface area contributed by atoms with E-state index < -0.39 is 34.5 Å². The molecule has 0 bridgehead atoms. The first-order valence-electron chi connectivity index (χ1n) is 6.11. The van der Waals surface area contributed by atoms with Crippen LogP contribution in [0.5, 0.6) is 0 Å². The average Bonchev–Trinajstić information content (AvgIpc) is 2.60. The van der Waals surface area contributed by atoms with Gasteiger partial charge in [0.2, 0.25) is 0 Å².